The van der Waals surface area contributed by atoms with E-state index in [0.29, 0.717) is 0 Å². The van der Waals surface area contributed by atoms with Crippen LogP contribution < -0.4 is 9.80 Å². The number of anilines is 2. The molecule has 6 aromatic rings. The van der Waals surface area contributed by atoms with Gasteiger partial charge in [-0.3, -0.25) is 9.59 Å². The molecule has 4 aromatic carbocycles. The number of hydrogen-bond acceptors (Lipinski definition) is 2. The van der Waals surface area contributed by atoms with E-state index >= 15 is 0 Å². The molecule has 1 aliphatic heterocycles. The van der Waals surface area contributed by atoms with Crippen LogP contribution in [-0.4, -0.2) is 34.0 Å². The molecular formula is C32H28N4O2. The van der Waals surface area contributed by atoms with Crippen LogP contribution in [0.3, 0.4) is 0 Å². The molecule has 1 fully saturated rings. The van der Waals surface area contributed by atoms with Gasteiger partial charge < -0.3 is 18.9 Å². The smallest absolute Gasteiger partial charge is 0.247 e. The number of para-hydroxylation sites is 2. The Hall–Kier alpha value is -4.58. The van der Waals surface area contributed by atoms with Crippen molar-refractivity contribution in [3.63, 3.8) is 0 Å². The number of fused-ring (bicyclic) bond motifs is 6. The second-order valence-corrected chi connectivity index (χ2v) is 9.89. The van der Waals surface area contributed by atoms with Gasteiger partial charge in [-0.2, -0.15) is 0 Å². The molecule has 6 heteroatoms. The number of amides is 2. The summed E-state index contributed by atoms with van der Waals surface area (Å²) in [6.45, 7) is 6.04. The second kappa shape index (κ2) is 8.48. The van der Waals surface area contributed by atoms with E-state index in [1.165, 1.54) is 11.0 Å². The van der Waals surface area contributed by atoms with Gasteiger partial charge in [0, 0.05) is 68.1 Å². The number of carbonyl (C=O) groups is 2. The molecule has 7 rings (SSSR count). The highest BCUT2D eigenvalue weighted by molar-refractivity contribution is 6.16. The first-order chi connectivity index (χ1) is 18.6. The van der Waals surface area contributed by atoms with Crippen LogP contribution in [0.2, 0.25) is 0 Å². The molecule has 0 unspecified atom stereocenters. The Morgan fingerprint density at radius 2 is 0.921 bits per heavy atom. The van der Waals surface area contributed by atoms with Crippen molar-refractivity contribution < 1.29 is 9.59 Å². The summed E-state index contributed by atoms with van der Waals surface area (Å²) in [5.74, 6) is -0.168. The molecule has 6 nitrogen and oxygen atoms in total. The molecule has 3 heterocycles. The lowest BCUT2D eigenvalue weighted by molar-refractivity contribution is -0.125. The highest BCUT2D eigenvalue weighted by atomic mass is 16.2. The zero-order valence-electron chi connectivity index (χ0n) is 21.5. The van der Waals surface area contributed by atoms with Crippen LogP contribution in [0.4, 0.5) is 11.4 Å². The van der Waals surface area contributed by atoms with Crippen molar-refractivity contribution in [3.8, 4) is 0 Å². The predicted molar refractivity (Wildman–Crippen MR) is 155 cm³/mol. The van der Waals surface area contributed by atoms with Crippen molar-refractivity contribution in [1.29, 1.82) is 0 Å². The average molecular weight is 501 g/mol. The molecule has 0 spiro atoms. The van der Waals surface area contributed by atoms with Gasteiger partial charge >= 0.3 is 0 Å². The molecule has 0 saturated carbocycles. The normalized spacial score (nSPS) is 14.6. The number of piperazine rings is 1. The first-order valence-corrected chi connectivity index (χ1v) is 13.2. The molecule has 0 N–H and O–H groups in total. The quantitative estimate of drug-likeness (QED) is 0.284. The lowest BCUT2D eigenvalue weighted by atomic mass is 10.1. The monoisotopic (exact) mass is 500 g/mol. The molecule has 0 atom stereocenters. The summed E-state index contributed by atoms with van der Waals surface area (Å²) in [5, 5.41) is 4.51. The third kappa shape index (κ3) is 3.19. The molecular weight excluding hydrogens is 472 g/mol. The van der Waals surface area contributed by atoms with Crippen LogP contribution in [-0.2, 0) is 22.7 Å². The van der Waals surface area contributed by atoms with Crippen molar-refractivity contribution >= 4 is 66.8 Å². The van der Waals surface area contributed by atoms with Gasteiger partial charge in [-0.15, -0.1) is 0 Å². The third-order valence-corrected chi connectivity index (χ3v) is 7.96. The minimum absolute atomic E-state index is 0.0194. The molecule has 38 heavy (non-hydrogen) atoms. The van der Waals surface area contributed by atoms with E-state index in [1.54, 1.807) is 9.80 Å². The molecule has 2 aromatic heterocycles. The van der Waals surface area contributed by atoms with Crippen molar-refractivity contribution in [1.82, 2.24) is 9.13 Å². The Balaban J connectivity index is 1.24. The van der Waals surface area contributed by atoms with Crippen molar-refractivity contribution in [2.24, 2.45) is 0 Å². The van der Waals surface area contributed by atoms with Gasteiger partial charge in [-0.25, -0.2) is 0 Å². The number of aryl methyl sites for hydroxylation is 2. The topological polar surface area (TPSA) is 50.5 Å². The SMILES string of the molecule is CCn1c2ccccc2c2cc(N3CC(=O)N(c4ccc5c(c4)c4ccccc4n5CC)CC3=O)ccc21. The van der Waals surface area contributed by atoms with E-state index in [9.17, 15) is 9.59 Å². The molecule has 0 aliphatic carbocycles. The Labute approximate surface area is 220 Å². The Morgan fingerprint density at radius 1 is 0.526 bits per heavy atom. The van der Waals surface area contributed by atoms with E-state index in [-0.39, 0.29) is 24.9 Å². The van der Waals surface area contributed by atoms with E-state index in [1.807, 2.05) is 36.4 Å². The first kappa shape index (κ1) is 22.6. The number of nitrogens with zero attached hydrogens (tertiary/aromatic N) is 4. The third-order valence-electron chi connectivity index (χ3n) is 7.96. The summed E-state index contributed by atoms with van der Waals surface area (Å²) in [7, 11) is 0. The van der Waals surface area contributed by atoms with Crippen molar-refractivity contribution in [3.05, 3.63) is 84.9 Å². The van der Waals surface area contributed by atoms with E-state index < -0.39 is 0 Å². The fourth-order valence-electron chi connectivity index (χ4n) is 6.19. The maximum atomic E-state index is 13.4. The summed E-state index contributed by atoms with van der Waals surface area (Å²) >= 11 is 0. The Morgan fingerprint density at radius 3 is 1.34 bits per heavy atom. The minimum atomic E-state index is -0.0840. The van der Waals surface area contributed by atoms with Crippen LogP contribution >= 0.6 is 0 Å². The maximum Gasteiger partial charge on any atom is 0.247 e. The summed E-state index contributed by atoms with van der Waals surface area (Å²) in [6.07, 6.45) is 0. The lowest BCUT2D eigenvalue weighted by Gasteiger charge is -2.34. The Bertz CT molecular complexity index is 1770. The fraction of sp³-hybridized carbons (Fsp3) is 0.188. The van der Waals surface area contributed by atoms with Crippen molar-refractivity contribution in [2.75, 3.05) is 22.9 Å². The standard InChI is InChI=1S/C32H28N4O2/c1-3-33-27-11-7-5-9-23(27)25-17-21(13-15-29(25)33)35-19-32(38)36(20-31(35)37)22-14-16-30-26(18-22)24-10-6-8-12-28(24)34(30)4-2/h5-18H,3-4,19-20H2,1-2H3. The molecule has 1 saturated heterocycles. The van der Waals surface area contributed by atoms with E-state index in [4.69, 9.17) is 0 Å². The van der Waals surface area contributed by atoms with Crippen LogP contribution in [0.5, 0.6) is 0 Å². The first-order valence-electron chi connectivity index (χ1n) is 13.2. The van der Waals surface area contributed by atoms with Gasteiger partial charge in [0.25, 0.3) is 0 Å². The molecule has 0 radical (unpaired) electrons. The average Bonchev–Trinajstić information content (AvgIpc) is 3.45. The lowest BCUT2D eigenvalue weighted by Crippen LogP contribution is -2.54. The van der Waals surface area contributed by atoms with Crippen molar-refractivity contribution in [2.45, 2.75) is 26.9 Å². The maximum absolute atomic E-state index is 13.4. The number of carbonyl (C=O) groups excluding carboxylic acids is 2. The Kier molecular flexibility index (Phi) is 5.05. The minimum Gasteiger partial charge on any atom is -0.341 e. The predicted octanol–water partition coefficient (Wildman–Crippen LogP) is 6.32. The second-order valence-electron chi connectivity index (χ2n) is 9.89. The van der Waals surface area contributed by atoms with Crippen LogP contribution in [0, 0.1) is 0 Å². The summed E-state index contributed by atoms with van der Waals surface area (Å²) < 4.78 is 4.57. The van der Waals surface area contributed by atoms with Crippen LogP contribution in [0.15, 0.2) is 84.9 Å². The number of hydrogen-bond donors (Lipinski definition) is 0. The molecule has 188 valence electrons. The number of benzene rings is 4. The van der Waals surface area contributed by atoms with Gasteiger partial charge in [-0.05, 0) is 62.4 Å². The fourth-order valence-corrected chi connectivity index (χ4v) is 6.19. The van der Waals surface area contributed by atoms with E-state index in [2.05, 4.69) is 71.5 Å². The highest BCUT2D eigenvalue weighted by Gasteiger charge is 2.32. The molecule has 0 bridgehead atoms. The van der Waals surface area contributed by atoms with Gasteiger partial charge in [0.1, 0.15) is 13.1 Å². The summed E-state index contributed by atoms with van der Waals surface area (Å²) in [6, 6.07) is 28.8. The highest BCUT2D eigenvalue weighted by Crippen LogP contribution is 2.35. The zero-order valence-corrected chi connectivity index (χ0v) is 21.5. The molecule has 1 aliphatic rings. The zero-order chi connectivity index (χ0) is 26.0. The van der Waals surface area contributed by atoms with E-state index in [0.717, 1.165) is 57.0 Å². The summed E-state index contributed by atoms with van der Waals surface area (Å²) in [5.41, 5.74) is 6.14. The largest absolute Gasteiger partial charge is 0.341 e. The van der Waals surface area contributed by atoms with Crippen LogP contribution in [0.1, 0.15) is 13.8 Å². The number of aromatic nitrogens is 2. The number of rotatable bonds is 4. The van der Waals surface area contributed by atoms with Gasteiger partial charge in [0.2, 0.25) is 11.8 Å². The van der Waals surface area contributed by atoms with Gasteiger partial charge in [-0.1, -0.05) is 36.4 Å². The van der Waals surface area contributed by atoms with Gasteiger partial charge in [0.15, 0.2) is 0 Å². The van der Waals surface area contributed by atoms with Gasteiger partial charge in [0.05, 0.1) is 0 Å². The van der Waals surface area contributed by atoms with Crippen LogP contribution in [0.25, 0.3) is 43.6 Å². The summed E-state index contributed by atoms with van der Waals surface area (Å²) in [4.78, 5) is 30.1. The molecule has 2 amide bonds.